The SMILES string of the molecule is COc1ccc(N)c(S(=O)Cc2ccc(F)c(C#N)c2)c1. The van der Waals surface area contributed by atoms with E-state index in [1.54, 1.807) is 24.3 Å². The zero-order valence-electron chi connectivity index (χ0n) is 11.3. The van der Waals surface area contributed by atoms with Gasteiger partial charge in [-0.1, -0.05) is 6.07 Å². The molecule has 1 unspecified atom stereocenters. The Labute approximate surface area is 124 Å². The van der Waals surface area contributed by atoms with Gasteiger partial charge in [0.1, 0.15) is 17.6 Å². The number of rotatable bonds is 4. The van der Waals surface area contributed by atoms with Crippen molar-refractivity contribution in [3.63, 3.8) is 0 Å². The standard InChI is InChI=1S/C15H13FN2O2S/c1-20-12-3-5-14(18)15(7-12)21(19)9-10-2-4-13(16)11(6-10)8-17/h2-7H,9,18H2,1H3. The van der Waals surface area contributed by atoms with Crippen LogP contribution in [0.15, 0.2) is 41.3 Å². The Morgan fingerprint density at radius 2 is 2.10 bits per heavy atom. The number of hydrogen-bond donors (Lipinski definition) is 1. The minimum Gasteiger partial charge on any atom is -0.497 e. The average molecular weight is 304 g/mol. The Morgan fingerprint density at radius 1 is 1.33 bits per heavy atom. The van der Waals surface area contributed by atoms with Gasteiger partial charge in [-0.25, -0.2) is 4.39 Å². The first-order valence-corrected chi connectivity index (χ1v) is 7.37. The summed E-state index contributed by atoms with van der Waals surface area (Å²) in [6, 6.07) is 10.8. The van der Waals surface area contributed by atoms with E-state index >= 15 is 0 Å². The van der Waals surface area contributed by atoms with Crippen LogP contribution in [0.4, 0.5) is 10.1 Å². The summed E-state index contributed by atoms with van der Waals surface area (Å²) >= 11 is 0. The quantitative estimate of drug-likeness (QED) is 0.881. The smallest absolute Gasteiger partial charge is 0.140 e. The maximum Gasteiger partial charge on any atom is 0.140 e. The predicted octanol–water partition coefficient (Wildman–Crippen LogP) is 2.60. The third-order valence-electron chi connectivity index (χ3n) is 2.91. The summed E-state index contributed by atoms with van der Waals surface area (Å²) in [7, 11) is 0.0997. The van der Waals surface area contributed by atoms with Gasteiger partial charge in [0.15, 0.2) is 0 Å². The molecule has 0 saturated heterocycles. The number of methoxy groups -OCH3 is 1. The highest BCUT2D eigenvalue weighted by Crippen LogP contribution is 2.24. The molecule has 2 rings (SSSR count). The lowest BCUT2D eigenvalue weighted by molar-refractivity contribution is 0.413. The number of anilines is 1. The molecule has 0 amide bonds. The first-order valence-electron chi connectivity index (χ1n) is 6.05. The molecular formula is C15H13FN2O2S. The Hall–Kier alpha value is -2.39. The molecule has 0 radical (unpaired) electrons. The molecular weight excluding hydrogens is 291 g/mol. The van der Waals surface area contributed by atoms with Gasteiger partial charge >= 0.3 is 0 Å². The maximum absolute atomic E-state index is 13.3. The molecule has 0 saturated carbocycles. The topological polar surface area (TPSA) is 76.1 Å². The first-order chi connectivity index (χ1) is 10.0. The molecule has 6 heteroatoms. The van der Waals surface area contributed by atoms with Gasteiger partial charge in [-0.3, -0.25) is 4.21 Å². The Bertz CT molecular complexity index is 741. The second kappa shape index (κ2) is 6.37. The number of halogens is 1. The normalized spacial score (nSPS) is 11.7. The maximum atomic E-state index is 13.3. The Morgan fingerprint density at radius 3 is 2.76 bits per heavy atom. The fraction of sp³-hybridized carbons (Fsp3) is 0.133. The van der Waals surface area contributed by atoms with Gasteiger partial charge in [0.25, 0.3) is 0 Å². The molecule has 0 aromatic heterocycles. The molecule has 0 aliphatic carbocycles. The zero-order chi connectivity index (χ0) is 15.4. The van der Waals surface area contributed by atoms with E-state index in [1.165, 1.54) is 25.3 Å². The highest BCUT2D eigenvalue weighted by molar-refractivity contribution is 7.84. The van der Waals surface area contributed by atoms with E-state index in [0.717, 1.165) is 0 Å². The van der Waals surface area contributed by atoms with Gasteiger partial charge in [-0.2, -0.15) is 5.26 Å². The lowest BCUT2D eigenvalue weighted by atomic mass is 10.1. The second-order valence-corrected chi connectivity index (χ2v) is 5.74. The van der Waals surface area contributed by atoms with Crippen molar-refractivity contribution in [2.75, 3.05) is 12.8 Å². The molecule has 4 nitrogen and oxygen atoms in total. The van der Waals surface area contributed by atoms with Crippen molar-refractivity contribution in [3.8, 4) is 11.8 Å². The van der Waals surface area contributed by atoms with Crippen LogP contribution in [-0.2, 0) is 16.6 Å². The van der Waals surface area contributed by atoms with Gasteiger partial charge in [0, 0.05) is 5.69 Å². The predicted molar refractivity (Wildman–Crippen MR) is 78.6 cm³/mol. The van der Waals surface area contributed by atoms with Crippen molar-refractivity contribution in [2.24, 2.45) is 0 Å². The Balaban J connectivity index is 2.28. The van der Waals surface area contributed by atoms with Gasteiger partial charge < -0.3 is 10.5 Å². The Kier molecular flexibility index (Phi) is 4.55. The fourth-order valence-electron chi connectivity index (χ4n) is 1.82. The van der Waals surface area contributed by atoms with Crippen molar-refractivity contribution in [3.05, 3.63) is 53.3 Å². The molecule has 0 aliphatic heterocycles. The van der Waals surface area contributed by atoms with Crippen molar-refractivity contribution >= 4 is 16.5 Å². The lowest BCUT2D eigenvalue weighted by Gasteiger charge is -2.08. The minimum atomic E-state index is -1.41. The summed E-state index contributed by atoms with van der Waals surface area (Å²) in [4.78, 5) is 0.456. The molecule has 1 atom stereocenters. The largest absolute Gasteiger partial charge is 0.497 e. The van der Waals surface area contributed by atoms with Crippen molar-refractivity contribution < 1.29 is 13.3 Å². The second-order valence-electron chi connectivity index (χ2n) is 4.32. The number of benzene rings is 2. The molecule has 0 fully saturated rings. The van der Waals surface area contributed by atoms with E-state index in [9.17, 15) is 8.60 Å². The summed E-state index contributed by atoms with van der Waals surface area (Å²) in [6.45, 7) is 0. The number of ether oxygens (including phenoxy) is 1. The number of nitriles is 1. The van der Waals surface area contributed by atoms with Crippen molar-refractivity contribution in [1.82, 2.24) is 0 Å². The number of nitrogen functional groups attached to an aromatic ring is 1. The van der Waals surface area contributed by atoms with Crippen LogP contribution in [0.3, 0.4) is 0 Å². The third kappa shape index (κ3) is 3.38. The molecule has 108 valence electrons. The first kappa shape index (κ1) is 15.0. The van der Waals surface area contributed by atoms with Crippen LogP contribution in [-0.4, -0.2) is 11.3 Å². The summed E-state index contributed by atoms with van der Waals surface area (Å²) < 4.78 is 30.7. The van der Waals surface area contributed by atoms with Crippen molar-refractivity contribution in [1.29, 1.82) is 5.26 Å². The molecule has 0 heterocycles. The molecule has 0 aliphatic rings. The van der Waals surface area contributed by atoms with Crippen LogP contribution in [0.25, 0.3) is 0 Å². The van der Waals surface area contributed by atoms with Crippen LogP contribution in [0.1, 0.15) is 11.1 Å². The van der Waals surface area contributed by atoms with E-state index in [4.69, 9.17) is 15.7 Å². The number of hydrogen-bond acceptors (Lipinski definition) is 4. The molecule has 2 N–H and O–H groups in total. The van der Waals surface area contributed by atoms with Crippen LogP contribution >= 0.6 is 0 Å². The van der Waals surface area contributed by atoms with Crippen LogP contribution in [0.5, 0.6) is 5.75 Å². The lowest BCUT2D eigenvalue weighted by Crippen LogP contribution is -2.02. The molecule has 2 aromatic rings. The zero-order valence-corrected chi connectivity index (χ0v) is 12.1. The van der Waals surface area contributed by atoms with Crippen LogP contribution in [0.2, 0.25) is 0 Å². The van der Waals surface area contributed by atoms with E-state index in [0.29, 0.717) is 21.9 Å². The number of nitrogens with zero attached hydrogens (tertiary/aromatic N) is 1. The summed E-state index contributed by atoms with van der Waals surface area (Å²) in [5.74, 6) is 0.115. The van der Waals surface area contributed by atoms with Crippen molar-refractivity contribution in [2.45, 2.75) is 10.6 Å². The number of nitrogens with two attached hydrogens (primary N) is 1. The molecule has 2 aromatic carbocycles. The summed E-state index contributed by atoms with van der Waals surface area (Å²) in [5.41, 5.74) is 6.76. The fourth-order valence-corrected chi connectivity index (χ4v) is 3.03. The van der Waals surface area contributed by atoms with Gasteiger partial charge in [0.05, 0.1) is 34.1 Å². The summed E-state index contributed by atoms with van der Waals surface area (Å²) in [5, 5.41) is 8.80. The minimum absolute atomic E-state index is 0.0666. The monoisotopic (exact) mass is 304 g/mol. The highest BCUT2D eigenvalue weighted by atomic mass is 32.2. The molecule has 0 bridgehead atoms. The van der Waals surface area contributed by atoms with E-state index in [2.05, 4.69) is 0 Å². The molecule has 21 heavy (non-hydrogen) atoms. The van der Waals surface area contributed by atoms with E-state index < -0.39 is 16.6 Å². The average Bonchev–Trinajstić information content (AvgIpc) is 2.49. The third-order valence-corrected chi connectivity index (χ3v) is 4.35. The van der Waals surface area contributed by atoms with Gasteiger partial charge in [-0.15, -0.1) is 0 Å². The van der Waals surface area contributed by atoms with E-state index in [-0.39, 0.29) is 11.3 Å². The summed E-state index contributed by atoms with van der Waals surface area (Å²) in [6.07, 6.45) is 0. The van der Waals surface area contributed by atoms with E-state index in [1.807, 2.05) is 0 Å². The van der Waals surface area contributed by atoms with Crippen LogP contribution < -0.4 is 10.5 Å². The molecule has 0 spiro atoms. The highest BCUT2D eigenvalue weighted by Gasteiger charge is 2.12. The van der Waals surface area contributed by atoms with Crippen LogP contribution in [0, 0.1) is 17.1 Å². The van der Waals surface area contributed by atoms with Gasteiger partial charge in [-0.05, 0) is 35.9 Å². The van der Waals surface area contributed by atoms with Gasteiger partial charge in [0.2, 0.25) is 0 Å².